The van der Waals surface area contributed by atoms with E-state index in [1.807, 2.05) is 53.7 Å². The molecule has 102 valence electrons. The van der Waals surface area contributed by atoms with Crippen LogP contribution in [-0.2, 0) is 9.47 Å². The molecule has 0 fully saturated rings. The molecule has 0 aliphatic carbocycles. The summed E-state index contributed by atoms with van der Waals surface area (Å²) in [5.41, 5.74) is -0.851. The second-order valence-corrected chi connectivity index (χ2v) is 5.24. The highest BCUT2D eigenvalue weighted by atomic mass is 16.5. The number of rotatable bonds is 7. The minimum Gasteiger partial charge on any atom is -0.485 e. The summed E-state index contributed by atoms with van der Waals surface area (Å²) in [6.45, 7) is 19.2. The van der Waals surface area contributed by atoms with E-state index < -0.39 is 11.2 Å². The third-order valence-corrected chi connectivity index (χ3v) is 2.44. The summed E-state index contributed by atoms with van der Waals surface area (Å²) in [6, 6.07) is 0. The molecular formula is C16H26O2. The molecule has 0 radical (unpaired) electrons. The molecule has 0 saturated heterocycles. The Hall–Kier alpha value is -1.44. The first-order chi connectivity index (χ1) is 8.17. The van der Waals surface area contributed by atoms with Gasteiger partial charge < -0.3 is 9.47 Å². The molecular weight excluding hydrogens is 224 g/mol. The molecule has 0 atom stereocenters. The molecule has 0 bridgehead atoms. The van der Waals surface area contributed by atoms with Gasteiger partial charge in [-0.3, -0.25) is 0 Å². The molecule has 0 saturated carbocycles. The van der Waals surface area contributed by atoms with Crippen LogP contribution in [0.3, 0.4) is 0 Å². The largest absolute Gasteiger partial charge is 0.485 e. The topological polar surface area (TPSA) is 18.5 Å². The lowest BCUT2D eigenvalue weighted by atomic mass is 10.1. The molecule has 2 heteroatoms. The predicted octanol–water partition coefficient (Wildman–Crippen LogP) is 4.76. The summed E-state index contributed by atoms with van der Waals surface area (Å²) >= 11 is 0. The molecule has 2 nitrogen and oxygen atoms in total. The lowest BCUT2D eigenvalue weighted by Crippen LogP contribution is -2.24. The van der Waals surface area contributed by atoms with Crippen molar-refractivity contribution in [2.45, 2.75) is 52.7 Å². The first-order valence-corrected chi connectivity index (χ1v) is 6.16. The Morgan fingerprint density at radius 1 is 0.944 bits per heavy atom. The van der Waals surface area contributed by atoms with E-state index in [9.17, 15) is 0 Å². The van der Waals surface area contributed by atoms with Crippen LogP contribution < -0.4 is 0 Å². The molecule has 0 spiro atoms. The van der Waals surface area contributed by atoms with E-state index in [1.165, 1.54) is 0 Å². The maximum atomic E-state index is 5.90. The maximum Gasteiger partial charge on any atom is 0.157 e. The highest BCUT2D eigenvalue weighted by Gasteiger charge is 2.20. The zero-order chi connectivity index (χ0) is 14.4. The van der Waals surface area contributed by atoms with Gasteiger partial charge in [-0.15, -0.1) is 0 Å². The normalized spacial score (nSPS) is 14.1. The Labute approximate surface area is 112 Å². The molecule has 0 aromatic rings. The van der Waals surface area contributed by atoms with E-state index in [-0.39, 0.29) is 0 Å². The van der Waals surface area contributed by atoms with E-state index in [2.05, 4.69) is 13.2 Å². The van der Waals surface area contributed by atoms with Gasteiger partial charge in [-0.2, -0.15) is 0 Å². The lowest BCUT2D eigenvalue weighted by molar-refractivity contribution is 0.0389. The van der Waals surface area contributed by atoms with Gasteiger partial charge in [0.05, 0.1) is 0 Å². The number of hydrogen-bond acceptors (Lipinski definition) is 2. The van der Waals surface area contributed by atoms with Crippen molar-refractivity contribution in [3.63, 3.8) is 0 Å². The lowest BCUT2D eigenvalue weighted by Gasteiger charge is -2.28. The fraction of sp³-hybridized carbons (Fsp3) is 0.500. The summed E-state index contributed by atoms with van der Waals surface area (Å²) in [4.78, 5) is 0. The van der Waals surface area contributed by atoms with Gasteiger partial charge in [0.2, 0.25) is 0 Å². The van der Waals surface area contributed by atoms with E-state index in [4.69, 9.17) is 9.47 Å². The van der Waals surface area contributed by atoms with Crippen molar-refractivity contribution < 1.29 is 9.47 Å². The summed E-state index contributed by atoms with van der Waals surface area (Å²) in [7, 11) is 0. The summed E-state index contributed by atoms with van der Waals surface area (Å²) in [5.74, 6) is 1.44. The second kappa shape index (κ2) is 6.48. The van der Waals surface area contributed by atoms with Crippen LogP contribution >= 0.6 is 0 Å². The van der Waals surface area contributed by atoms with Crippen LogP contribution in [0.15, 0.2) is 49.0 Å². The average Bonchev–Trinajstić information content (AvgIpc) is 2.28. The zero-order valence-corrected chi connectivity index (χ0v) is 12.5. The van der Waals surface area contributed by atoms with Crippen LogP contribution in [0, 0.1) is 0 Å². The molecule has 18 heavy (non-hydrogen) atoms. The van der Waals surface area contributed by atoms with Gasteiger partial charge in [0.15, 0.2) is 5.76 Å². The van der Waals surface area contributed by atoms with Crippen LogP contribution in [0.2, 0.25) is 0 Å². The van der Waals surface area contributed by atoms with Crippen molar-refractivity contribution in [1.82, 2.24) is 0 Å². The SMILES string of the molecule is C=CC(C)(C)OC(C)=C(C=CC)OC(C)(C)C=C. The van der Waals surface area contributed by atoms with Gasteiger partial charge in [0.1, 0.15) is 17.0 Å². The Morgan fingerprint density at radius 3 is 1.78 bits per heavy atom. The average molecular weight is 250 g/mol. The predicted molar refractivity (Wildman–Crippen MR) is 78.2 cm³/mol. The monoisotopic (exact) mass is 250 g/mol. The van der Waals surface area contributed by atoms with E-state index in [0.717, 1.165) is 5.76 Å². The minimum absolute atomic E-state index is 0.418. The molecule has 0 N–H and O–H groups in total. The second-order valence-electron chi connectivity index (χ2n) is 5.24. The highest BCUT2D eigenvalue weighted by molar-refractivity contribution is 5.17. The minimum atomic E-state index is -0.433. The van der Waals surface area contributed by atoms with Gasteiger partial charge in [-0.25, -0.2) is 0 Å². The van der Waals surface area contributed by atoms with Crippen molar-refractivity contribution in [2.24, 2.45) is 0 Å². The molecule has 0 aliphatic heterocycles. The fourth-order valence-electron chi connectivity index (χ4n) is 1.19. The Bertz CT molecular complexity index is 357. The number of ether oxygens (including phenoxy) is 2. The standard InChI is InChI=1S/C16H26O2/c1-9-12-14(18-16(7,8)11-3)13(4)17-15(5,6)10-2/h9-12H,2-3H2,1,4-8H3. The summed E-state index contributed by atoms with van der Waals surface area (Å²) in [5, 5.41) is 0. The third kappa shape index (κ3) is 5.76. The Balaban J connectivity index is 5.19. The summed E-state index contributed by atoms with van der Waals surface area (Å²) in [6.07, 6.45) is 7.34. The van der Waals surface area contributed by atoms with E-state index in [1.54, 1.807) is 12.2 Å². The molecule has 0 aromatic heterocycles. The first kappa shape index (κ1) is 16.6. The van der Waals surface area contributed by atoms with Crippen LogP contribution in [0.4, 0.5) is 0 Å². The van der Waals surface area contributed by atoms with Crippen molar-refractivity contribution >= 4 is 0 Å². The van der Waals surface area contributed by atoms with Crippen LogP contribution in [-0.4, -0.2) is 11.2 Å². The molecule has 0 amide bonds. The number of allylic oxidation sites excluding steroid dienone is 3. The highest BCUT2D eigenvalue weighted by Crippen LogP contribution is 2.23. The molecule has 0 rings (SSSR count). The van der Waals surface area contributed by atoms with Gasteiger partial charge >= 0.3 is 0 Å². The van der Waals surface area contributed by atoms with Gasteiger partial charge in [0.25, 0.3) is 0 Å². The van der Waals surface area contributed by atoms with Gasteiger partial charge in [-0.05, 0) is 59.8 Å². The smallest absolute Gasteiger partial charge is 0.157 e. The van der Waals surface area contributed by atoms with Crippen molar-refractivity contribution in [3.05, 3.63) is 49.0 Å². The Morgan fingerprint density at radius 2 is 1.39 bits per heavy atom. The van der Waals surface area contributed by atoms with E-state index >= 15 is 0 Å². The van der Waals surface area contributed by atoms with Gasteiger partial charge in [0, 0.05) is 0 Å². The van der Waals surface area contributed by atoms with Crippen molar-refractivity contribution in [1.29, 1.82) is 0 Å². The summed E-state index contributed by atoms with van der Waals surface area (Å²) < 4.78 is 11.7. The van der Waals surface area contributed by atoms with Crippen molar-refractivity contribution in [2.75, 3.05) is 0 Å². The first-order valence-electron chi connectivity index (χ1n) is 6.16. The molecule has 0 heterocycles. The van der Waals surface area contributed by atoms with Crippen LogP contribution in [0.25, 0.3) is 0 Å². The number of hydrogen-bond donors (Lipinski definition) is 0. The van der Waals surface area contributed by atoms with Crippen molar-refractivity contribution in [3.8, 4) is 0 Å². The molecule has 0 aromatic carbocycles. The maximum absolute atomic E-state index is 5.90. The molecule has 0 aliphatic rings. The Kier molecular flexibility index (Phi) is 5.96. The van der Waals surface area contributed by atoms with Crippen LogP contribution in [0.1, 0.15) is 41.5 Å². The fourth-order valence-corrected chi connectivity index (χ4v) is 1.19. The molecule has 0 unspecified atom stereocenters. The quantitative estimate of drug-likeness (QED) is 0.368. The third-order valence-electron chi connectivity index (χ3n) is 2.44. The zero-order valence-electron chi connectivity index (χ0n) is 12.5. The van der Waals surface area contributed by atoms with Crippen LogP contribution in [0.5, 0.6) is 0 Å². The van der Waals surface area contributed by atoms with E-state index in [0.29, 0.717) is 5.76 Å². The van der Waals surface area contributed by atoms with Gasteiger partial charge in [-0.1, -0.05) is 19.2 Å².